The number of hydrogen-bond donors (Lipinski definition) is 3. The van der Waals surface area contributed by atoms with Crippen molar-refractivity contribution in [3.63, 3.8) is 0 Å². The van der Waals surface area contributed by atoms with Crippen LogP contribution in [-0.4, -0.2) is 23.3 Å². The van der Waals surface area contributed by atoms with Crippen LogP contribution in [0.1, 0.15) is 37.6 Å². The summed E-state index contributed by atoms with van der Waals surface area (Å²) < 4.78 is 0. The van der Waals surface area contributed by atoms with Gasteiger partial charge >= 0.3 is 6.03 Å². The van der Waals surface area contributed by atoms with Gasteiger partial charge in [0.15, 0.2) is 5.78 Å². The van der Waals surface area contributed by atoms with Gasteiger partial charge in [-0.15, -0.1) is 0 Å². The third-order valence-electron chi connectivity index (χ3n) is 2.62. The molecule has 1 aromatic rings. The molecule has 20 heavy (non-hydrogen) atoms. The number of nitrogens with two attached hydrogens (primary N) is 1. The minimum Gasteiger partial charge on any atom is -0.370 e. The SMILES string of the molecule is CC(=O)c1ccc(NC(=O)NC(C)(C)CC(N)=O)cc1. The van der Waals surface area contributed by atoms with Crippen LogP contribution in [0.3, 0.4) is 0 Å². The van der Waals surface area contributed by atoms with Gasteiger partial charge in [0, 0.05) is 23.2 Å². The molecule has 6 heteroatoms. The maximum absolute atomic E-state index is 11.8. The zero-order chi connectivity index (χ0) is 15.3. The number of urea groups is 1. The first-order chi connectivity index (χ1) is 9.19. The molecule has 0 aliphatic rings. The van der Waals surface area contributed by atoms with Crippen LogP contribution in [0.2, 0.25) is 0 Å². The van der Waals surface area contributed by atoms with E-state index in [0.29, 0.717) is 11.3 Å². The lowest BCUT2D eigenvalue weighted by molar-refractivity contribution is -0.119. The monoisotopic (exact) mass is 277 g/mol. The standard InChI is InChI=1S/C14H19N3O3/c1-9(18)10-4-6-11(7-5-10)16-13(20)17-14(2,3)8-12(15)19/h4-7H,8H2,1-3H3,(H2,15,19)(H2,16,17,20). The predicted octanol–water partition coefficient (Wildman–Crippen LogP) is 1.66. The first-order valence-electron chi connectivity index (χ1n) is 6.18. The van der Waals surface area contributed by atoms with Crippen LogP contribution >= 0.6 is 0 Å². The Morgan fingerprint density at radius 3 is 2.15 bits per heavy atom. The van der Waals surface area contributed by atoms with Crippen molar-refractivity contribution in [2.24, 2.45) is 5.73 Å². The number of benzene rings is 1. The highest BCUT2D eigenvalue weighted by Gasteiger charge is 2.22. The largest absolute Gasteiger partial charge is 0.370 e. The van der Waals surface area contributed by atoms with Crippen LogP contribution in [0.4, 0.5) is 10.5 Å². The summed E-state index contributed by atoms with van der Waals surface area (Å²) in [4.78, 5) is 33.8. The summed E-state index contributed by atoms with van der Waals surface area (Å²) in [6.45, 7) is 4.88. The lowest BCUT2D eigenvalue weighted by Gasteiger charge is -2.24. The van der Waals surface area contributed by atoms with Gasteiger partial charge in [-0.2, -0.15) is 0 Å². The number of carbonyl (C=O) groups excluding carboxylic acids is 3. The number of rotatable bonds is 5. The average molecular weight is 277 g/mol. The Hall–Kier alpha value is -2.37. The summed E-state index contributed by atoms with van der Waals surface area (Å²) in [6, 6.07) is 6.10. The molecule has 0 aliphatic carbocycles. The molecule has 4 N–H and O–H groups in total. The van der Waals surface area contributed by atoms with Crippen molar-refractivity contribution in [2.45, 2.75) is 32.7 Å². The van der Waals surface area contributed by atoms with E-state index in [1.807, 2.05) is 0 Å². The highest BCUT2D eigenvalue weighted by molar-refractivity contribution is 5.95. The molecule has 0 aliphatic heterocycles. The van der Waals surface area contributed by atoms with Crippen molar-refractivity contribution >= 4 is 23.4 Å². The molecule has 0 heterocycles. The van der Waals surface area contributed by atoms with Gasteiger partial charge in [-0.05, 0) is 45.0 Å². The predicted molar refractivity (Wildman–Crippen MR) is 76.5 cm³/mol. The summed E-state index contributed by atoms with van der Waals surface area (Å²) in [5.41, 5.74) is 5.51. The van der Waals surface area contributed by atoms with Crippen molar-refractivity contribution in [3.8, 4) is 0 Å². The molecule has 0 atom stereocenters. The highest BCUT2D eigenvalue weighted by atomic mass is 16.2. The molecule has 0 unspecified atom stereocenters. The molecule has 0 saturated carbocycles. The lowest BCUT2D eigenvalue weighted by Crippen LogP contribution is -2.47. The number of ketones is 1. The normalized spacial score (nSPS) is 10.8. The second-order valence-corrected chi connectivity index (χ2v) is 5.24. The van der Waals surface area contributed by atoms with Gasteiger partial charge in [0.1, 0.15) is 0 Å². The van der Waals surface area contributed by atoms with Gasteiger partial charge in [-0.1, -0.05) is 0 Å². The molecule has 6 nitrogen and oxygen atoms in total. The van der Waals surface area contributed by atoms with Crippen LogP contribution < -0.4 is 16.4 Å². The van der Waals surface area contributed by atoms with E-state index >= 15 is 0 Å². The van der Waals surface area contributed by atoms with E-state index in [2.05, 4.69) is 10.6 Å². The van der Waals surface area contributed by atoms with Gasteiger partial charge in [-0.3, -0.25) is 9.59 Å². The van der Waals surface area contributed by atoms with Gasteiger partial charge in [0.2, 0.25) is 5.91 Å². The van der Waals surface area contributed by atoms with E-state index < -0.39 is 17.5 Å². The van der Waals surface area contributed by atoms with E-state index in [0.717, 1.165) is 0 Å². The molecule has 0 aromatic heterocycles. The number of anilines is 1. The maximum atomic E-state index is 11.8. The number of nitrogens with one attached hydrogen (secondary N) is 2. The molecule has 0 saturated heterocycles. The smallest absolute Gasteiger partial charge is 0.319 e. The molecule has 0 fully saturated rings. The fourth-order valence-corrected chi connectivity index (χ4v) is 1.74. The minimum atomic E-state index is -0.727. The van der Waals surface area contributed by atoms with Gasteiger partial charge < -0.3 is 16.4 Å². The number of carbonyl (C=O) groups is 3. The van der Waals surface area contributed by atoms with Crippen molar-refractivity contribution in [1.82, 2.24) is 5.32 Å². The average Bonchev–Trinajstić information content (AvgIpc) is 2.26. The molecule has 1 rings (SSSR count). The summed E-state index contributed by atoms with van der Waals surface area (Å²) in [6.07, 6.45) is 0.0453. The summed E-state index contributed by atoms with van der Waals surface area (Å²) in [5.74, 6) is -0.523. The van der Waals surface area contributed by atoms with Gasteiger partial charge in [0.25, 0.3) is 0 Å². The molecular formula is C14H19N3O3. The van der Waals surface area contributed by atoms with Crippen molar-refractivity contribution in [1.29, 1.82) is 0 Å². The summed E-state index contributed by atoms with van der Waals surface area (Å²) in [7, 11) is 0. The topological polar surface area (TPSA) is 101 Å². The molecule has 0 spiro atoms. The van der Waals surface area contributed by atoms with Crippen LogP contribution in [0.15, 0.2) is 24.3 Å². The van der Waals surface area contributed by atoms with Crippen LogP contribution in [0, 0.1) is 0 Å². The molecule has 108 valence electrons. The van der Waals surface area contributed by atoms with Gasteiger partial charge in [-0.25, -0.2) is 4.79 Å². The Morgan fingerprint density at radius 1 is 1.15 bits per heavy atom. The Morgan fingerprint density at radius 2 is 1.70 bits per heavy atom. The highest BCUT2D eigenvalue weighted by Crippen LogP contribution is 2.12. The molecular weight excluding hydrogens is 258 g/mol. The Kier molecular flexibility index (Phi) is 4.85. The first kappa shape index (κ1) is 15.7. The molecule has 0 bridgehead atoms. The molecule has 0 radical (unpaired) electrons. The summed E-state index contributed by atoms with van der Waals surface area (Å²) >= 11 is 0. The zero-order valence-electron chi connectivity index (χ0n) is 11.8. The lowest BCUT2D eigenvalue weighted by atomic mass is 10.0. The van der Waals surface area contributed by atoms with Crippen molar-refractivity contribution in [3.05, 3.63) is 29.8 Å². The van der Waals surface area contributed by atoms with Crippen LogP contribution in [-0.2, 0) is 4.79 Å². The Balaban J connectivity index is 2.62. The number of amides is 3. The fourth-order valence-electron chi connectivity index (χ4n) is 1.74. The number of primary amides is 1. The van der Waals surface area contributed by atoms with E-state index in [4.69, 9.17) is 5.73 Å². The van der Waals surface area contributed by atoms with Crippen molar-refractivity contribution < 1.29 is 14.4 Å². The first-order valence-corrected chi connectivity index (χ1v) is 6.18. The number of Topliss-reactive ketones (excluding diaryl/α,β-unsaturated/α-hetero) is 1. The quantitative estimate of drug-likeness (QED) is 0.713. The van der Waals surface area contributed by atoms with Crippen LogP contribution in [0.25, 0.3) is 0 Å². The molecule has 3 amide bonds. The second kappa shape index (κ2) is 6.18. The number of hydrogen-bond acceptors (Lipinski definition) is 3. The second-order valence-electron chi connectivity index (χ2n) is 5.24. The molecule has 1 aromatic carbocycles. The third-order valence-corrected chi connectivity index (χ3v) is 2.62. The van der Waals surface area contributed by atoms with E-state index in [1.54, 1.807) is 38.1 Å². The van der Waals surface area contributed by atoms with E-state index in [9.17, 15) is 14.4 Å². The maximum Gasteiger partial charge on any atom is 0.319 e. The van der Waals surface area contributed by atoms with Crippen LogP contribution in [0.5, 0.6) is 0 Å². The third kappa shape index (κ3) is 5.09. The van der Waals surface area contributed by atoms with Gasteiger partial charge in [0.05, 0.1) is 0 Å². The van der Waals surface area contributed by atoms with E-state index in [-0.39, 0.29) is 12.2 Å². The minimum absolute atomic E-state index is 0.0383. The van der Waals surface area contributed by atoms with Crippen molar-refractivity contribution in [2.75, 3.05) is 5.32 Å². The Bertz CT molecular complexity index is 521. The fraction of sp³-hybridized carbons (Fsp3) is 0.357. The summed E-state index contributed by atoms with van der Waals surface area (Å²) in [5, 5.41) is 5.28. The zero-order valence-corrected chi connectivity index (χ0v) is 11.8. The Labute approximate surface area is 117 Å². The van der Waals surface area contributed by atoms with E-state index in [1.165, 1.54) is 6.92 Å².